The van der Waals surface area contributed by atoms with Crippen LogP contribution >= 0.6 is 12.2 Å². The van der Waals surface area contributed by atoms with E-state index in [0.29, 0.717) is 17.2 Å². The molecule has 108 valence electrons. The lowest BCUT2D eigenvalue weighted by Gasteiger charge is -2.10. The highest BCUT2D eigenvalue weighted by molar-refractivity contribution is 7.80. The van der Waals surface area contributed by atoms with Crippen LogP contribution in [-0.4, -0.2) is 11.8 Å². The average Bonchev–Trinajstić information content (AvgIpc) is 2.91. The number of rotatable bonds is 3. The zero-order valence-electron chi connectivity index (χ0n) is 10.7. The second-order valence-corrected chi connectivity index (χ2v) is 4.79. The Bertz CT molecular complexity index is 737. The Balaban J connectivity index is 1.92. The lowest BCUT2D eigenvalue weighted by atomic mass is 10.1. The van der Waals surface area contributed by atoms with Crippen LogP contribution in [-0.2, 0) is 0 Å². The summed E-state index contributed by atoms with van der Waals surface area (Å²) >= 11 is 4.66. The molecule has 4 nitrogen and oxygen atoms in total. The van der Waals surface area contributed by atoms with Crippen molar-refractivity contribution in [3.05, 3.63) is 47.5 Å². The van der Waals surface area contributed by atoms with E-state index in [9.17, 15) is 8.78 Å². The number of nitrogens with one attached hydrogen (secondary N) is 1. The van der Waals surface area contributed by atoms with Crippen molar-refractivity contribution in [3.8, 4) is 11.5 Å². The minimum atomic E-state index is -1.08. The SMILES string of the molecule is NC(=S)c1ccc(Nc2ccc3c(c2)OCO3)c(F)c1F. The maximum absolute atomic E-state index is 14.0. The lowest BCUT2D eigenvalue weighted by molar-refractivity contribution is 0.174. The molecule has 0 saturated carbocycles. The van der Waals surface area contributed by atoms with Gasteiger partial charge in [0.15, 0.2) is 23.1 Å². The van der Waals surface area contributed by atoms with E-state index in [-0.39, 0.29) is 23.0 Å². The maximum atomic E-state index is 14.0. The normalized spacial score (nSPS) is 12.3. The Morgan fingerprint density at radius 1 is 1.10 bits per heavy atom. The molecule has 1 aliphatic rings. The van der Waals surface area contributed by atoms with Crippen LogP contribution in [0.25, 0.3) is 0 Å². The van der Waals surface area contributed by atoms with Gasteiger partial charge in [-0.25, -0.2) is 8.78 Å². The van der Waals surface area contributed by atoms with E-state index < -0.39 is 11.6 Å². The Labute approximate surface area is 124 Å². The quantitative estimate of drug-likeness (QED) is 0.854. The summed E-state index contributed by atoms with van der Waals surface area (Å²) in [5, 5.41) is 2.77. The van der Waals surface area contributed by atoms with Crippen molar-refractivity contribution in [2.24, 2.45) is 5.73 Å². The largest absolute Gasteiger partial charge is 0.454 e. The van der Waals surface area contributed by atoms with Crippen molar-refractivity contribution >= 4 is 28.6 Å². The first-order valence-corrected chi connectivity index (χ1v) is 6.41. The van der Waals surface area contributed by atoms with Crippen molar-refractivity contribution < 1.29 is 18.3 Å². The van der Waals surface area contributed by atoms with Crippen molar-refractivity contribution in [1.29, 1.82) is 0 Å². The molecule has 2 aromatic rings. The number of hydrogen-bond donors (Lipinski definition) is 2. The molecule has 1 heterocycles. The van der Waals surface area contributed by atoms with E-state index >= 15 is 0 Å². The zero-order valence-corrected chi connectivity index (χ0v) is 11.5. The Morgan fingerprint density at radius 3 is 2.62 bits per heavy atom. The molecule has 3 N–H and O–H groups in total. The van der Waals surface area contributed by atoms with Crippen LogP contribution in [0.15, 0.2) is 30.3 Å². The first kappa shape index (κ1) is 13.6. The summed E-state index contributed by atoms with van der Waals surface area (Å²) < 4.78 is 38.2. The van der Waals surface area contributed by atoms with Gasteiger partial charge in [0.1, 0.15) is 4.99 Å². The van der Waals surface area contributed by atoms with Crippen LogP contribution in [0, 0.1) is 11.6 Å². The number of thiocarbonyl (C=S) groups is 1. The topological polar surface area (TPSA) is 56.5 Å². The van der Waals surface area contributed by atoms with Crippen LogP contribution in [0.1, 0.15) is 5.56 Å². The van der Waals surface area contributed by atoms with Gasteiger partial charge in [-0.15, -0.1) is 0 Å². The summed E-state index contributed by atoms with van der Waals surface area (Å²) in [5.41, 5.74) is 5.72. The molecule has 0 bridgehead atoms. The summed E-state index contributed by atoms with van der Waals surface area (Å²) in [4.78, 5) is -0.193. The second kappa shape index (κ2) is 5.17. The highest BCUT2D eigenvalue weighted by Gasteiger charge is 2.17. The molecule has 0 radical (unpaired) electrons. The number of halogens is 2. The van der Waals surface area contributed by atoms with Crippen LogP contribution in [0.5, 0.6) is 11.5 Å². The van der Waals surface area contributed by atoms with Crippen molar-refractivity contribution in [3.63, 3.8) is 0 Å². The smallest absolute Gasteiger partial charge is 0.231 e. The number of hydrogen-bond acceptors (Lipinski definition) is 4. The minimum Gasteiger partial charge on any atom is -0.454 e. The van der Waals surface area contributed by atoms with Crippen LogP contribution in [0.3, 0.4) is 0 Å². The molecule has 21 heavy (non-hydrogen) atoms. The first-order valence-electron chi connectivity index (χ1n) is 6.01. The standard InChI is InChI=1S/C14H10F2N2O2S/c15-12-8(14(17)21)2-3-9(13(12)16)18-7-1-4-10-11(5-7)20-6-19-10/h1-5,18H,6H2,(H2,17,21). The molecule has 0 spiro atoms. The summed E-state index contributed by atoms with van der Waals surface area (Å²) in [7, 11) is 0. The molecule has 0 saturated heterocycles. The molecule has 0 amide bonds. The molecule has 2 aromatic carbocycles. The summed E-state index contributed by atoms with van der Waals surface area (Å²) in [6.45, 7) is 0.143. The van der Waals surface area contributed by atoms with Crippen molar-refractivity contribution in [2.45, 2.75) is 0 Å². The van der Waals surface area contributed by atoms with E-state index in [1.54, 1.807) is 18.2 Å². The van der Waals surface area contributed by atoms with Gasteiger partial charge in [0.25, 0.3) is 0 Å². The predicted octanol–water partition coefficient (Wildman–Crippen LogP) is 3.07. The van der Waals surface area contributed by atoms with Gasteiger partial charge in [-0.05, 0) is 24.3 Å². The van der Waals surface area contributed by atoms with Gasteiger partial charge in [0, 0.05) is 17.3 Å². The van der Waals surface area contributed by atoms with Crippen LogP contribution < -0.4 is 20.5 Å². The monoisotopic (exact) mass is 308 g/mol. The fourth-order valence-corrected chi connectivity index (χ4v) is 2.12. The van der Waals surface area contributed by atoms with Gasteiger partial charge in [0.05, 0.1) is 5.69 Å². The minimum absolute atomic E-state index is 0.0219. The lowest BCUT2D eigenvalue weighted by Crippen LogP contribution is -2.13. The van der Waals surface area contributed by atoms with Crippen LogP contribution in [0.2, 0.25) is 0 Å². The number of anilines is 2. The molecule has 0 atom stereocenters. The van der Waals surface area contributed by atoms with Gasteiger partial charge >= 0.3 is 0 Å². The zero-order chi connectivity index (χ0) is 15.0. The number of nitrogens with two attached hydrogens (primary N) is 1. The highest BCUT2D eigenvalue weighted by atomic mass is 32.1. The molecule has 0 aliphatic carbocycles. The Kier molecular flexibility index (Phi) is 3.34. The first-order chi connectivity index (χ1) is 10.1. The van der Waals surface area contributed by atoms with E-state index in [0.717, 1.165) is 0 Å². The molecule has 3 rings (SSSR count). The predicted molar refractivity (Wildman–Crippen MR) is 78.1 cm³/mol. The number of benzene rings is 2. The third kappa shape index (κ3) is 2.47. The van der Waals surface area contributed by atoms with E-state index in [4.69, 9.17) is 15.2 Å². The van der Waals surface area contributed by atoms with Gasteiger partial charge < -0.3 is 20.5 Å². The third-order valence-corrected chi connectivity index (χ3v) is 3.22. The van der Waals surface area contributed by atoms with E-state index in [1.165, 1.54) is 12.1 Å². The second-order valence-electron chi connectivity index (χ2n) is 4.35. The molecule has 1 aliphatic heterocycles. The number of ether oxygens (including phenoxy) is 2. The molecule has 0 unspecified atom stereocenters. The van der Waals surface area contributed by atoms with Gasteiger partial charge in [-0.1, -0.05) is 12.2 Å². The van der Waals surface area contributed by atoms with Gasteiger partial charge in [0.2, 0.25) is 6.79 Å². The summed E-state index contributed by atoms with van der Waals surface area (Å²) in [6.07, 6.45) is 0. The van der Waals surface area contributed by atoms with Crippen LogP contribution in [0.4, 0.5) is 20.2 Å². The maximum Gasteiger partial charge on any atom is 0.231 e. The Morgan fingerprint density at radius 2 is 1.86 bits per heavy atom. The molecule has 0 fully saturated rings. The summed E-state index contributed by atoms with van der Waals surface area (Å²) in [6, 6.07) is 7.70. The van der Waals surface area contributed by atoms with Crippen molar-refractivity contribution in [2.75, 3.05) is 12.1 Å². The average molecular weight is 308 g/mol. The highest BCUT2D eigenvalue weighted by Crippen LogP contribution is 2.35. The third-order valence-electron chi connectivity index (χ3n) is 3.00. The fourth-order valence-electron chi connectivity index (χ4n) is 1.97. The molecular weight excluding hydrogens is 298 g/mol. The number of fused-ring (bicyclic) bond motifs is 1. The van der Waals surface area contributed by atoms with Crippen molar-refractivity contribution in [1.82, 2.24) is 0 Å². The van der Waals surface area contributed by atoms with E-state index in [1.807, 2.05) is 0 Å². The van der Waals surface area contributed by atoms with E-state index in [2.05, 4.69) is 17.5 Å². The summed E-state index contributed by atoms with van der Waals surface area (Å²) in [5.74, 6) is -0.970. The molecular formula is C14H10F2N2O2S. The van der Waals surface area contributed by atoms with Gasteiger partial charge in [-0.2, -0.15) is 0 Å². The molecule has 7 heteroatoms. The van der Waals surface area contributed by atoms with Gasteiger partial charge in [-0.3, -0.25) is 0 Å². The molecule has 0 aromatic heterocycles. The Hall–Kier alpha value is -2.41. The fraction of sp³-hybridized carbons (Fsp3) is 0.0714.